The smallest absolute Gasteiger partial charge is 0.119 e. The van der Waals surface area contributed by atoms with Crippen LogP contribution in [0.25, 0.3) is 0 Å². The van der Waals surface area contributed by atoms with E-state index in [-0.39, 0.29) is 0 Å². The van der Waals surface area contributed by atoms with Crippen LogP contribution in [0.3, 0.4) is 0 Å². The van der Waals surface area contributed by atoms with Gasteiger partial charge in [-0.05, 0) is 36.4 Å². The average Bonchev–Trinajstić information content (AvgIpc) is 2.74. The Morgan fingerprint density at radius 2 is 1.36 bits per heavy atom. The van der Waals surface area contributed by atoms with E-state index in [1.807, 2.05) is 0 Å². The van der Waals surface area contributed by atoms with Crippen LogP contribution in [0.15, 0.2) is 19.0 Å². The van der Waals surface area contributed by atoms with E-state index in [4.69, 9.17) is 23.6 Å². The summed E-state index contributed by atoms with van der Waals surface area (Å²) in [6.07, 6.45) is 9.19. The van der Waals surface area contributed by atoms with Gasteiger partial charge in [-0.3, -0.25) is 0 Å². The number of aromatic nitrogens is 3. The summed E-state index contributed by atoms with van der Waals surface area (Å²) >= 11 is 11.0. The molecule has 78 valence electrons. The van der Waals surface area contributed by atoms with Crippen molar-refractivity contribution in [1.82, 2.24) is 18.9 Å². The number of halogens is 2. The maximum Gasteiger partial charge on any atom is 0.119 e. The highest BCUT2D eigenvalue weighted by molar-refractivity contribution is 6.33. The van der Waals surface area contributed by atoms with Crippen molar-refractivity contribution in [3.63, 3.8) is 0 Å². The highest BCUT2D eigenvalue weighted by Gasteiger charge is 2.19. The summed E-state index contributed by atoms with van der Waals surface area (Å²) in [4.78, 5) is 10.7. The third-order valence-electron chi connectivity index (χ3n) is 2.00. The van der Waals surface area contributed by atoms with Crippen LogP contribution in [0, 0.1) is 0 Å². The zero-order valence-electron chi connectivity index (χ0n) is 7.68. The Hall–Kier alpha value is -0.450. The zero-order chi connectivity index (χ0) is 10.2. The Kier molecular flexibility index (Phi) is 5.75. The molecule has 1 heterocycles. The lowest BCUT2D eigenvalue weighted by atomic mass is 10.3. The molecule has 2 rings (SSSR count). The van der Waals surface area contributed by atoms with Gasteiger partial charge in [-0.1, -0.05) is 12.8 Å². The van der Waals surface area contributed by atoms with Gasteiger partial charge in [0.1, 0.15) is 19.0 Å². The van der Waals surface area contributed by atoms with Gasteiger partial charge in [0, 0.05) is 6.04 Å². The molecule has 1 aliphatic rings. The minimum atomic E-state index is 0.429. The van der Waals surface area contributed by atoms with Gasteiger partial charge in [0.25, 0.3) is 0 Å². The topological polar surface area (TPSA) is 41.9 Å². The van der Waals surface area contributed by atoms with E-state index in [2.05, 4.69) is 15.0 Å². The first kappa shape index (κ1) is 11.6. The lowest BCUT2D eigenvalue weighted by Crippen LogP contribution is -2.13. The summed E-state index contributed by atoms with van der Waals surface area (Å²) in [6, 6.07) is 0.429. The Labute approximate surface area is 93.5 Å². The molecule has 0 saturated heterocycles. The van der Waals surface area contributed by atoms with Crippen LogP contribution < -0.4 is 0 Å². The zero-order valence-corrected chi connectivity index (χ0v) is 9.19. The normalized spacial score (nSPS) is 16.5. The molecule has 0 bridgehead atoms. The Morgan fingerprint density at radius 1 is 0.929 bits per heavy atom. The molecule has 1 saturated carbocycles. The minimum absolute atomic E-state index is 0.429. The molecule has 14 heavy (non-hydrogen) atoms. The molecule has 1 aromatic rings. The molecular formula is C8H12Cl2N4. The van der Waals surface area contributed by atoms with Crippen molar-refractivity contribution in [3.8, 4) is 0 Å². The Morgan fingerprint density at radius 3 is 1.57 bits per heavy atom. The summed E-state index contributed by atoms with van der Waals surface area (Å²) in [5, 5.41) is 0. The fourth-order valence-electron chi connectivity index (χ4n) is 1.30. The third-order valence-corrected chi connectivity index (χ3v) is 2.55. The van der Waals surface area contributed by atoms with Crippen molar-refractivity contribution in [2.75, 3.05) is 0 Å². The summed E-state index contributed by atoms with van der Waals surface area (Å²) in [7, 11) is 0. The fourth-order valence-corrected chi connectivity index (χ4v) is 1.69. The van der Waals surface area contributed by atoms with Crippen molar-refractivity contribution in [1.29, 1.82) is 0 Å². The maximum absolute atomic E-state index is 5.48. The van der Waals surface area contributed by atoms with Gasteiger partial charge in [0.05, 0.1) is 0 Å². The number of rotatable bonds is 1. The second-order valence-corrected chi connectivity index (χ2v) is 3.89. The molecule has 1 aromatic heterocycles. The Balaban J connectivity index is 0.000000146. The van der Waals surface area contributed by atoms with Gasteiger partial charge in [0.15, 0.2) is 0 Å². The second kappa shape index (κ2) is 6.92. The average molecular weight is 235 g/mol. The molecule has 0 aromatic carbocycles. The number of hydrogen-bond donors (Lipinski definition) is 0. The van der Waals surface area contributed by atoms with Gasteiger partial charge in [-0.2, -0.15) is 0 Å². The molecule has 0 N–H and O–H groups in total. The van der Waals surface area contributed by atoms with Crippen molar-refractivity contribution in [2.24, 2.45) is 0 Å². The molecule has 1 aliphatic carbocycles. The second-order valence-electron chi connectivity index (χ2n) is 2.99. The van der Waals surface area contributed by atoms with Crippen LogP contribution in [-0.4, -0.2) is 24.9 Å². The molecule has 0 radical (unpaired) electrons. The third kappa shape index (κ3) is 4.69. The van der Waals surface area contributed by atoms with Gasteiger partial charge in [-0.15, -0.1) is 3.94 Å². The first-order valence-corrected chi connectivity index (χ1v) is 5.14. The van der Waals surface area contributed by atoms with Gasteiger partial charge in [-0.25, -0.2) is 15.0 Å². The summed E-state index contributed by atoms with van der Waals surface area (Å²) < 4.78 is 1.28. The van der Waals surface area contributed by atoms with Crippen molar-refractivity contribution >= 4 is 23.6 Å². The van der Waals surface area contributed by atoms with Crippen LogP contribution in [0.2, 0.25) is 0 Å². The van der Waals surface area contributed by atoms with Crippen molar-refractivity contribution < 1.29 is 0 Å². The number of hydrogen-bond acceptors (Lipinski definition) is 4. The lowest BCUT2D eigenvalue weighted by molar-refractivity contribution is 0.500. The SMILES string of the molecule is ClN(Cl)C1CCCC1.c1ncncn1. The molecule has 1 fully saturated rings. The van der Waals surface area contributed by atoms with E-state index >= 15 is 0 Å². The molecule has 0 aliphatic heterocycles. The summed E-state index contributed by atoms with van der Waals surface area (Å²) in [5.74, 6) is 0. The van der Waals surface area contributed by atoms with E-state index < -0.39 is 0 Å². The molecule has 0 atom stereocenters. The molecular weight excluding hydrogens is 223 g/mol. The largest absolute Gasteiger partial charge is 0.225 e. The van der Waals surface area contributed by atoms with E-state index in [9.17, 15) is 0 Å². The lowest BCUT2D eigenvalue weighted by Gasteiger charge is -2.10. The van der Waals surface area contributed by atoms with Gasteiger partial charge < -0.3 is 0 Å². The van der Waals surface area contributed by atoms with Gasteiger partial charge >= 0.3 is 0 Å². The van der Waals surface area contributed by atoms with Crippen LogP contribution in [0.5, 0.6) is 0 Å². The van der Waals surface area contributed by atoms with Gasteiger partial charge in [0.2, 0.25) is 0 Å². The Bertz CT molecular complexity index is 199. The minimum Gasteiger partial charge on any atom is -0.225 e. The summed E-state index contributed by atoms with van der Waals surface area (Å²) in [6.45, 7) is 0. The number of nitrogens with zero attached hydrogens (tertiary/aromatic N) is 4. The van der Waals surface area contributed by atoms with Crippen LogP contribution in [-0.2, 0) is 0 Å². The standard InChI is InChI=1S/C5H9Cl2N.C3H3N3/c6-8(7)5-3-1-2-4-5;1-4-2-6-3-5-1/h5H,1-4H2;1-3H. The van der Waals surface area contributed by atoms with Crippen molar-refractivity contribution in [2.45, 2.75) is 31.7 Å². The highest BCUT2D eigenvalue weighted by atomic mass is 35.5. The summed E-state index contributed by atoms with van der Waals surface area (Å²) in [5.41, 5.74) is 0. The monoisotopic (exact) mass is 234 g/mol. The van der Waals surface area contributed by atoms with E-state index in [1.54, 1.807) is 0 Å². The van der Waals surface area contributed by atoms with Crippen LogP contribution in [0.4, 0.5) is 0 Å². The predicted octanol–water partition coefficient (Wildman–Crippen LogP) is 2.41. The van der Waals surface area contributed by atoms with Crippen molar-refractivity contribution in [3.05, 3.63) is 19.0 Å². The van der Waals surface area contributed by atoms with E-state index in [0.717, 1.165) is 12.8 Å². The molecule has 0 spiro atoms. The molecule has 4 nitrogen and oxygen atoms in total. The van der Waals surface area contributed by atoms with Crippen LogP contribution >= 0.6 is 23.6 Å². The maximum atomic E-state index is 5.48. The quantitative estimate of drug-likeness (QED) is 0.701. The molecule has 0 amide bonds. The highest BCUT2D eigenvalue weighted by Crippen LogP contribution is 2.25. The molecule has 6 heteroatoms. The van der Waals surface area contributed by atoms with Crippen LogP contribution in [0.1, 0.15) is 25.7 Å². The first-order valence-electron chi connectivity index (χ1n) is 4.46. The van der Waals surface area contributed by atoms with E-state index in [1.165, 1.54) is 35.8 Å². The predicted molar refractivity (Wildman–Crippen MR) is 55.6 cm³/mol. The fraction of sp³-hybridized carbons (Fsp3) is 0.625. The van der Waals surface area contributed by atoms with E-state index in [0.29, 0.717) is 6.04 Å². The first-order chi connectivity index (χ1) is 6.80. The molecule has 0 unspecified atom stereocenters.